The SMILES string of the molecule is CCCCCCCC[N+](C)(C)Cc1ccc(-c2ccc(C[N+](C)(C)CCCCCCCC)cc2F)c(F)c1. The Kier molecular flexibility index (Phi) is 14.0. The van der Waals surface area contributed by atoms with Gasteiger partial charge in [0.05, 0.1) is 41.3 Å². The van der Waals surface area contributed by atoms with Gasteiger partial charge in [-0.25, -0.2) is 8.78 Å². The molecule has 0 radical (unpaired) electrons. The van der Waals surface area contributed by atoms with Gasteiger partial charge in [0.2, 0.25) is 0 Å². The summed E-state index contributed by atoms with van der Waals surface area (Å²) in [6.07, 6.45) is 15.4. The summed E-state index contributed by atoms with van der Waals surface area (Å²) >= 11 is 0. The highest BCUT2D eigenvalue weighted by Gasteiger charge is 2.20. The van der Waals surface area contributed by atoms with Crippen molar-refractivity contribution in [3.63, 3.8) is 0 Å². The predicted molar refractivity (Wildman–Crippen MR) is 160 cm³/mol. The lowest BCUT2D eigenvalue weighted by Crippen LogP contribution is -2.39. The molecule has 38 heavy (non-hydrogen) atoms. The molecule has 2 aromatic rings. The Hall–Kier alpha value is -1.78. The minimum Gasteiger partial charge on any atom is -0.325 e. The van der Waals surface area contributed by atoms with Crippen molar-refractivity contribution in [1.29, 1.82) is 0 Å². The van der Waals surface area contributed by atoms with Crippen molar-refractivity contribution in [3.05, 3.63) is 59.2 Å². The summed E-state index contributed by atoms with van der Waals surface area (Å²) in [4.78, 5) is 0. The molecule has 0 heterocycles. The van der Waals surface area contributed by atoms with Crippen LogP contribution in [0.25, 0.3) is 11.1 Å². The van der Waals surface area contributed by atoms with Crippen molar-refractivity contribution in [3.8, 4) is 11.1 Å². The molecule has 0 fully saturated rings. The van der Waals surface area contributed by atoms with Gasteiger partial charge in [-0.15, -0.1) is 0 Å². The number of nitrogens with zero attached hydrogens (tertiary/aromatic N) is 2. The van der Waals surface area contributed by atoms with E-state index >= 15 is 8.78 Å². The van der Waals surface area contributed by atoms with E-state index in [1.165, 1.54) is 77.0 Å². The molecule has 0 atom stereocenters. The van der Waals surface area contributed by atoms with Crippen molar-refractivity contribution in [2.75, 3.05) is 41.3 Å². The van der Waals surface area contributed by atoms with E-state index in [-0.39, 0.29) is 11.6 Å². The molecular formula is C34H56F2N2+2. The zero-order valence-corrected chi connectivity index (χ0v) is 25.4. The highest BCUT2D eigenvalue weighted by molar-refractivity contribution is 5.65. The second-order valence-corrected chi connectivity index (χ2v) is 12.8. The molecule has 0 bridgehead atoms. The van der Waals surface area contributed by atoms with Crippen LogP contribution in [0.5, 0.6) is 0 Å². The Labute approximate surface area is 233 Å². The normalized spacial score (nSPS) is 12.3. The lowest BCUT2D eigenvalue weighted by molar-refractivity contribution is -0.903. The summed E-state index contributed by atoms with van der Waals surface area (Å²) in [6.45, 7) is 8.20. The van der Waals surface area contributed by atoms with E-state index in [9.17, 15) is 0 Å². The van der Waals surface area contributed by atoms with Gasteiger partial charge in [-0.2, -0.15) is 0 Å². The number of quaternary nitrogens is 2. The third-order valence-electron chi connectivity index (χ3n) is 7.81. The Balaban J connectivity index is 1.94. The fraction of sp³-hybridized carbons (Fsp3) is 0.647. The summed E-state index contributed by atoms with van der Waals surface area (Å²) < 4.78 is 32.0. The number of rotatable bonds is 19. The van der Waals surface area contributed by atoms with Gasteiger partial charge in [-0.05, 0) is 37.8 Å². The Morgan fingerprint density at radius 1 is 0.500 bits per heavy atom. The van der Waals surface area contributed by atoms with Crippen LogP contribution in [0.2, 0.25) is 0 Å². The van der Waals surface area contributed by atoms with E-state index < -0.39 is 0 Å². The van der Waals surface area contributed by atoms with E-state index in [4.69, 9.17) is 0 Å². The first-order chi connectivity index (χ1) is 18.1. The first kappa shape index (κ1) is 32.4. The molecule has 0 amide bonds. The number of unbranched alkanes of at least 4 members (excludes halogenated alkanes) is 10. The number of hydrogen-bond donors (Lipinski definition) is 0. The van der Waals surface area contributed by atoms with Crippen molar-refractivity contribution in [2.24, 2.45) is 0 Å². The van der Waals surface area contributed by atoms with Gasteiger partial charge in [0.15, 0.2) is 0 Å². The molecule has 0 spiro atoms. The largest absolute Gasteiger partial charge is 0.325 e. The lowest BCUT2D eigenvalue weighted by Gasteiger charge is -2.30. The number of hydrogen-bond acceptors (Lipinski definition) is 0. The summed E-state index contributed by atoms with van der Waals surface area (Å²) in [5.74, 6) is -0.680. The fourth-order valence-electron chi connectivity index (χ4n) is 5.54. The van der Waals surface area contributed by atoms with Crippen LogP contribution < -0.4 is 0 Å². The third-order valence-corrected chi connectivity index (χ3v) is 7.81. The minimum absolute atomic E-state index is 0.340. The maximum absolute atomic E-state index is 15.2. The zero-order valence-electron chi connectivity index (χ0n) is 25.4. The van der Waals surface area contributed by atoms with Crippen molar-refractivity contribution in [2.45, 2.75) is 104 Å². The standard InChI is InChI=1S/C34H56F2N2/c1-7-9-11-13-15-17-23-37(3,4)27-29-19-21-31(33(35)25-29)32-22-20-30(26-34(32)36)28-38(5,6)24-18-16-14-12-10-8-2/h19-22,25-26H,7-18,23-24,27-28H2,1-6H3/q+2. The molecular weight excluding hydrogens is 474 g/mol. The van der Waals surface area contributed by atoms with Crippen LogP contribution in [-0.2, 0) is 13.1 Å². The van der Waals surface area contributed by atoms with Gasteiger partial charge < -0.3 is 8.97 Å². The molecule has 0 saturated heterocycles. The van der Waals surface area contributed by atoms with Crippen LogP contribution in [0.3, 0.4) is 0 Å². The summed E-state index contributed by atoms with van der Waals surface area (Å²) in [7, 11) is 8.84. The van der Waals surface area contributed by atoms with Crippen LogP contribution >= 0.6 is 0 Å². The summed E-state index contributed by atoms with van der Waals surface area (Å²) in [6, 6.07) is 10.6. The molecule has 2 rings (SSSR count). The molecule has 0 saturated carbocycles. The summed E-state index contributed by atoms with van der Waals surface area (Å²) in [5.41, 5.74) is 2.63. The van der Waals surface area contributed by atoms with Crippen LogP contribution in [0.15, 0.2) is 36.4 Å². The molecule has 0 aliphatic rings. The Bertz CT molecular complexity index is 874. The van der Waals surface area contributed by atoms with Crippen LogP contribution in [-0.4, -0.2) is 50.2 Å². The third kappa shape index (κ3) is 11.9. The molecule has 4 heteroatoms. The lowest BCUT2D eigenvalue weighted by atomic mass is 10.00. The van der Waals surface area contributed by atoms with Crippen molar-refractivity contribution in [1.82, 2.24) is 0 Å². The zero-order chi connectivity index (χ0) is 28.0. The van der Waals surface area contributed by atoms with Crippen molar-refractivity contribution >= 4 is 0 Å². The van der Waals surface area contributed by atoms with Gasteiger partial charge >= 0.3 is 0 Å². The Morgan fingerprint density at radius 2 is 0.842 bits per heavy atom. The molecule has 2 aromatic carbocycles. The van der Waals surface area contributed by atoms with E-state index in [0.29, 0.717) is 11.1 Å². The smallest absolute Gasteiger partial charge is 0.131 e. The van der Waals surface area contributed by atoms with E-state index in [1.807, 2.05) is 12.1 Å². The monoisotopic (exact) mass is 530 g/mol. The van der Waals surface area contributed by atoms with E-state index in [0.717, 1.165) is 46.3 Å². The molecule has 0 unspecified atom stereocenters. The van der Waals surface area contributed by atoms with Crippen LogP contribution in [0.4, 0.5) is 8.78 Å². The first-order valence-corrected chi connectivity index (χ1v) is 15.3. The first-order valence-electron chi connectivity index (χ1n) is 15.3. The van der Waals surface area contributed by atoms with Crippen LogP contribution in [0, 0.1) is 11.6 Å². The average molecular weight is 531 g/mol. The molecule has 0 aliphatic carbocycles. The van der Waals surface area contributed by atoms with E-state index in [2.05, 4.69) is 42.0 Å². The Morgan fingerprint density at radius 3 is 1.18 bits per heavy atom. The maximum atomic E-state index is 15.2. The summed E-state index contributed by atoms with van der Waals surface area (Å²) in [5, 5.41) is 0. The highest BCUT2D eigenvalue weighted by Crippen LogP contribution is 2.28. The number of benzene rings is 2. The van der Waals surface area contributed by atoms with Gasteiger partial charge in [-0.3, -0.25) is 0 Å². The number of halogens is 2. The van der Waals surface area contributed by atoms with E-state index in [1.54, 1.807) is 24.3 Å². The predicted octanol–water partition coefficient (Wildman–Crippen LogP) is 9.51. The molecule has 0 N–H and O–H groups in total. The van der Waals surface area contributed by atoms with Gasteiger partial charge in [0, 0.05) is 22.3 Å². The van der Waals surface area contributed by atoms with Gasteiger partial charge in [0.25, 0.3) is 0 Å². The topological polar surface area (TPSA) is 0 Å². The van der Waals surface area contributed by atoms with Crippen LogP contribution in [0.1, 0.15) is 102 Å². The van der Waals surface area contributed by atoms with Gasteiger partial charge in [-0.1, -0.05) is 89.5 Å². The molecule has 214 valence electrons. The highest BCUT2D eigenvalue weighted by atomic mass is 19.1. The molecule has 0 aromatic heterocycles. The molecule has 0 aliphatic heterocycles. The fourth-order valence-corrected chi connectivity index (χ4v) is 5.54. The quantitative estimate of drug-likeness (QED) is 0.125. The van der Waals surface area contributed by atoms with Crippen molar-refractivity contribution < 1.29 is 17.7 Å². The average Bonchev–Trinajstić information content (AvgIpc) is 2.84. The second-order valence-electron chi connectivity index (χ2n) is 12.8. The van der Waals surface area contributed by atoms with Gasteiger partial charge in [0.1, 0.15) is 24.7 Å². The second kappa shape index (κ2) is 16.4. The molecule has 2 nitrogen and oxygen atoms in total. The maximum Gasteiger partial charge on any atom is 0.131 e. The minimum atomic E-state index is -0.340.